The van der Waals surface area contributed by atoms with Gasteiger partial charge in [0.1, 0.15) is 0 Å². The average molecular weight is 152 g/mol. The van der Waals surface area contributed by atoms with Crippen LogP contribution in [0.5, 0.6) is 0 Å². The second-order valence-corrected chi connectivity index (χ2v) is 3.44. The Morgan fingerprint density at radius 3 is 2.27 bits per heavy atom. The lowest BCUT2D eigenvalue weighted by Gasteiger charge is -2.26. The summed E-state index contributed by atoms with van der Waals surface area (Å²) in [6.45, 7) is 5.13. The van der Waals surface area contributed by atoms with Crippen molar-refractivity contribution in [1.29, 1.82) is 0 Å². The molecule has 0 fully saturated rings. The lowest BCUT2D eigenvalue weighted by Crippen LogP contribution is -2.27. The molecular weight excluding hydrogens is 136 g/mol. The van der Waals surface area contributed by atoms with E-state index < -0.39 is 0 Å². The largest absolute Gasteiger partial charge is 0.349 e. The Balaban J connectivity index is 2.73. The minimum atomic E-state index is 0.165. The van der Waals surface area contributed by atoms with E-state index in [1.807, 2.05) is 12.1 Å². The van der Waals surface area contributed by atoms with Crippen LogP contribution < -0.4 is 5.73 Å². The van der Waals surface area contributed by atoms with Crippen molar-refractivity contribution in [3.63, 3.8) is 0 Å². The summed E-state index contributed by atoms with van der Waals surface area (Å²) in [5.74, 6) is 0. The van der Waals surface area contributed by atoms with Gasteiger partial charge in [-0.25, -0.2) is 0 Å². The highest BCUT2D eigenvalue weighted by molar-refractivity contribution is 4.96. The van der Waals surface area contributed by atoms with Crippen LogP contribution in [0.25, 0.3) is 0 Å². The Kier molecular flexibility index (Phi) is 2.35. The molecule has 0 aliphatic carbocycles. The van der Waals surface area contributed by atoms with E-state index in [1.54, 1.807) is 0 Å². The monoisotopic (exact) mass is 152 g/mol. The summed E-state index contributed by atoms with van der Waals surface area (Å²) in [6, 6.07) is 4.08. The fraction of sp³-hybridized carbons (Fsp3) is 0.556. The topological polar surface area (TPSA) is 30.9 Å². The van der Waals surface area contributed by atoms with Crippen LogP contribution >= 0.6 is 0 Å². The van der Waals surface area contributed by atoms with Gasteiger partial charge in [-0.05, 0) is 38.9 Å². The maximum absolute atomic E-state index is 5.51. The molecule has 0 aromatic carbocycles. The predicted octanol–water partition coefficient (Wildman–Crippen LogP) is 1.57. The number of hydrogen-bond donors (Lipinski definition) is 1. The Labute approximate surface area is 68.0 Å². The van der Waals surface area contributed by atoms with Gasteiger partial charge in [0.15, 0.2) is 0 Å². The molecule has 62 valence electrons. The first kappa shape index (κ1) is 8.34. The fourth-order valence-corrected chi connectivity index (χ4v) is 1.22. The number of rotatable bonds is 3. The third-order valence-electron chi connectivity index (χ3n) is 2.06. The number of nitrogens with two attached hydrogens (primary N) is 1. The Hall–Kier alpha value is -0.760. The normalized spacial score (nSPS) is 11.9. The highest BCUT2D eigenvalue weighted by Crippen LogP contribution is 2.18. The molecule has 0 saturated carbocycles. The van der Waals surface area contributed by atoms with Crippen LogP contribution in [0, 0.1) is 0 Å². The van der Waals surface area contributed by atoms with Crippen LogP contribution in [0.2, 0.25) is 0 Å². The Morgan fingerprint density at radius 1 is 1.27 bits per heavy atom. The molecule has 0 unspecified atom stereocenters. The molecule has 0 aliphatic rings. The van der Waals surface area contributed by atoms with Crippen molar-refractivity contribution in [1.82, 2.24) is 4.57 Å². The zero-order chi connectivity index (χ0) is 8.32. The molecule has 1 aromatic rings. The molecule has 0 atom stereocenters. The average Bonchev–Trinajstić information content (AvgIpc) is 2.37. The van der Waals surface area contributed by atoms with Gasteiger partial charge in [0.25, 0.3) is 0 Å². The summed E-state index contributed by atoms with van der Waals surface area (Å²) in [5.41, 5.74) is 5.67. The van der Waals surface area contributed by atoms with E-state index in [1.165, 1.54) is 0 Å². The molecule has 2 nitrogen and oxygen atoms in total. The molecular formula is C9H16N2. The minimum absolute atomic E-state index is 0.165. The SMILES string of the molecule is CC(C)(CCN)n1cccc1. The summed E-state index contributed by atoms with van der Waals surface area (Å²) >= 11 is 0. The Bertz CT molecular complexity index is 199. The number of aromatic nitrogens is 1. The third-order valence-corrected chi connectivity index (χ3v) is 2.06. The van der Waals surface area contributed by atoms with E-state index in [9.17, 15) is 0 Å². The standard InChI is InChI=1S/C9H16N2/c1-9(2,5-6-10)11-7-3-4-8-11/h3-4,7-8H,5-6,10H2,1-2H3. The van der Waals surface area contributed by atoms with Gasteiger partial charge >= 0.3 is 0 Å². The lowest BCUT2D eigenvalue weighted by molar-refractivity contribution is 0.334. The number of hydrogen-bond acceptors (Lipinski definition) is 1. The van der Waals surface area contributed by atoms with Gasteiger partial charge in [-0.3, -0.25) is 0 Å². The summed E-state index contributed by atoms with van der Waals surface area (Å²) < 4.78 is 2.19. The predicted molar refractivity (Wildman–Crippen MR) is 47.4 cm³/mol. The van der Waals surface area contributed by atoms with Crippen LogP contribution in [0.1, 0.15) is 20.3 Å². The molecule has 1 rings (SSSR count). The third kappa shape index (κ3) is 1.84. The quantitative estimate of drug-likeness (QED) is 0.700. The van der Waals surface area contributed by atoms with Gasteiger partial charge in [-0.15, -0.1) is 0 Å². The molecule has 0 aliphatic heterocycles. The zero-order valence-corrected chi connectivity index (χ0v) is 7.25. The summed E-state index contributed by atoms with van der Waals surface area (Å²) in [4.78, 5) is 0. The van der Waals surface area contributed by atoms with Crippen molar-refractivity contribution in [2.75, 3.05) is 6.54 Å². The van der Waals surface area contributed by atoms with Crippen molar-refractivity contribution in [2.24, 2.45) is 5.73 Å². The second-order valence-electron chi connectivity index (χ2n) is 3.44. The summed E-state index contributed by atoms with van der Waals surface area (Å²) in [6.07, 6.45) is 5.17. The molecule has 0 saturated heterocycles. The first-order chi connectivity index (χ1) is 5.17. The van der Waals surface area contributed by atoms with Crippen molar-refractivity contribution >= 4 is 0 Å². The molecule has 0 amide bonds. The van der Waals surface area contributed by atoms with E-state index in [0.717, 1.165) is 13.0 Å². The summed E-state index contributed by atoms with van der Waals surface area (Å²) in [7, 11) is 0. The first-order valence-corrected chi connectivity index (χ1v) is 4.00. The first-order valence-electron chi connectivity index (χ1n) is 4.00. The maximum atomic E-state index is 5.51. The lowest BCUT2D eigenvalue weighted by atomic mass is 10.0. The molecule has 0 spiro atoms. The van der Waals surface area contributed by atoms with Crippen molar-refractivity contribution in [3.05, 3.63) is 24.5 Å². The van der Waals surface area contributed by atoms with E-state index in [2.05, 4.69) is 30.8 Å². The van der Waals surface area contributed by atoms with E-state index in [-0.39, 0.29) is 5.54 Å². The van der Waals surface area contributed by atoms with Crippen molar-refractivity contribution in [3.8, 4) is 0 Å². The van der Waals surface area contributed by atoms with Crippen LogP contribution in [-0.2, 0) is 5.54 Å². The molecule has 0 radical (unpaired) electrons. The van der Waals surface area contributed by atoms with Gasteiger partial charge in [-0.2, -0.15) is 0 Å². The van der Waals surface area contributed by atoms with Gasteiger partial charge in [0.2, 0.25) is 0 Å². The summed E-state index contributed by atoms with van der Waals surface area (Å²) in [5, 5.41) is 0. The van der Waals surface area contributed by atoms with Crippen LogP contribution in [0.4, 0.5) is 0 Å². The fourth-order valence-electron chi connectivity index (χ4n) is 1.22. The Morgan fingerprint density at radius 2 is 1.82 bits per heavy atom. The molecule has 2 heteroatoms. The molecule has 1 heterocycles. The number of nitrogens with zero attached hydrogens (tertiary/aromatic N) is 1. The molecule has 0 bridgehead atoms. The van der Waals surface area contributed by atoms with Gasteiger partial charge in [-0.1, -0.05) is 0 Å². The van der Waals surface area contributed by atoms with Gasteiger partial charge in [0.05, 0.1) is 0 Å². The van der Waals surface area contributed by atoms with Gasteiger partial charge in [0, 0.05) is 17.9 Å². The maximum Gasteiger partial charge on any atom is 0.0395 e. The van der Waals surface area contributed by atoms with Crippen molar-refractivity contribution in [2.45, 2.75) is 25.8 Å². The van der Waals surface area contributed by atoms with Crippen LogP contribution in [0.15, 0.2) is 24.5 Å². The smallest absolute Gasteiger partial charge is 0.0395 e. The molecule has 2 N–H and O–H groups in total. The van der Waals surface area contributed by atoms with Crippen LogP contribution in [0.3, 0.4) is 0 Å². The minimum Gasteiger partial charge on any atom is -0.349 e. The van der Waals surface area contributed by atoms with Crippen molar-refractivity contribution < 1.29 is 0 Å². The van der Waals surface area contributed by atoms with E-state index in [4.69, 9.17) is 5.73 Å². The second kappa shape index (κ2) is 3.09. The zero-order valence-electron chi connectivity index (χ0n) is 7.25. The van der Waals surface area contributed by atoms with Crippen LogP contribution in [-0.4, -0.2) is 11.1 Å². The molecule has 1 aromatic heterocycles. The van der Waals surface area contributed by atoms with Gasteiger partial charge < -0.3 is 10.3 Å². The van der Waals surface area contributed by atoms with E-state index in [0.29, 0.717) is 0 Å². The highest BCUT2D eigenvalue weighted by atomic mass is 15.0. The highest BCUT2D eigenvalue weighted by Gasteiger charge is 2.16. The van der Waals surface area contributed by atoms with E-state index >= 15 is 0 Å². The molecule has 11 heavy (non-hydrogen) atoms.